The van der Waals surface area contributed by atoms with Crippen LogP contribution in [0.15, 0.2) is 42.6 Å². The van der Waals surface area contributed by atoms with Crippen LogP contribution in [0.3, 0.4) is 0 Å². The number of hydrogen-bond acceptors (Lipinski definition) is 4. The molecule has 2 heterocycles. The molecule has 0 aliphatic carbocycles. The number of nitrogens with two attached hydrogens (primary N) is 1. The monoisotopic (exact) mass is 496 g/mol. The number of unbranched alkanes of at least 4 members (excludes halogenated alkanes) is 1. The van der Waals surface area contributed by atoms with Crippen molar-refractivity contribution in [2.45, 2.75) is 52.0 Å². The van der Waals surface area contributed by atoms with E-state index in [0.717, 1.165) is 66.4 Å². The van der Waals surface area contributed by atoms with Crippen LogP contribution in [0.25, 0.3) is 22.0 Å². The lowest BCUT2D eigenvalue weighted by Crippen LogP contribution is -2.38. The van der Waals surface area contributed by atoms with Crippen molar-refractivity contribution in [1.82, 2.24) is 14.6 Å². The lowest BCUT2D eigenvalue weighted by atomic mass is 9.88. The minimum absolute atomic E-state index is 0.128. The number of hydrogen-bond donors (Lipinski definition) is 3. The number of rotatable bonds is 10. The number of piperidine rings is 1. The summed E-state index contributed by atoms with van der Waals surface area (Å²) in [5, 5.41) is 4.47. The number of fused-ring (bicyclic) bond motifs is 1. The summed E-state index contributed by atoms with van der Waals surface area (Å²) in [4.78, 5) is 15.6. The summed E-state index contributed by atoms with van der Waals surface area (Å²) in [5.41, 5.74) is 11.3. The van der Waals surface area contributed by atoms with E-state index in [-0.39, 0.29) is 11.7 Å². The minimum Gasteiger partial charge on any atom is -0.366 e. The zero-order valence-corrected chi connectivity index (χ0v) is 21.5. The molecule has 0 spiro atoms. The highest BCUT2D eigenvalue weighted by Crippen LogP contribution is 2.37. The molecule has 1 aliphatic rings. The molecule has 1 aromatic heterocycles. The molecule has 4 rings (SSSR count). The van der Waals surface area contributed by atoms with Crippen molar-refractivity contribution in [3.8, 4) is 11.1 Å². The van der Waals surface area contributed by atoms with E-state index in [0.29, 0.717) is 18.7 Å². The van der Waals surface area contributed by atoms with E-state index < -0.39 is 15.9 Å². The van der Waals surface area contributed by atoms with E-state index in [9.17, 15) is 13.2 Å². The van der Waals surface area contributed by atoms with Gasteiger partial charge in [0, 0.05) is 31.2 Å². The number of nitrogens with zero attached hydrogens (tertiary/aromatic N) is 1. The van der Waals surface area contributed by atoms with Gasteiger partial charge in [-0.2, -0.15) is 0 Å². The van der Waals surface area contributed by atoms with E-state index in [2.05, 4.69) is 41.5 Å². The third-order valence-electron chi connectivity index (χ3n) is 7.04. The molecule has 4 N–H and O–H groups in total. The standard InChI is InChI=1S/C27H36N4O3S/c1-3-5-11-29-17-19-7-6-8-21(14-19)22-15-23-25(18-30-26(23)24(16-22)27(28)32)20-9-12-31(13-10-20)35(33,34)4-2/h6-8,14-16,18,20,29-30H,3-5,9-13,17H2,1-2H3,(H2,28,32). The van der Waals surface area contributed by atoms with Crippen LogP contribution in [0.2, 0.25) is 0 Å². The van der Waals surface area contributed by atoms with Crippen LogP contribution in [0.1, 0.15) is 66.9 Å². The van der Waals surface area contributed by atoms with E-state index in [4.69, 9.17) is 5.73 Å². The third-order valence-corrected chi connectivity index (χ3v) is 8.92. The molecule has 3 aromatic rings. The van der Waals surface area contributed by atoms with Crippen molar-refractivity contribution in [1.29, 1.82) is 0 Å². The number of amides is 1. The van der Waals surface area contributed by atoms with E-state index in [1.807, 2.05) is 18.3 Å². The molecule has 0 saturated carbocycles. The molecule has 1 fully saturated rings. The Hall–Kier alpha value is -2.68. The predicted octanol–water partition coefficient (Wildman–Crippen LogP) is 4.35. The van der Waals surface area contributed by atoms with Gasteiger partial charge >= 0.3 is 0 Å². The van der Waals surface area contributed by atoms with Crippen LogP contribution in [-0.2, 0) is 16.6 Å². The molecule has 0 bridgehead atoms. The first-order chi connectivity index (χ1) is 16.8. The fraction of sp³-hybridized carbons (Fsp3) is 0.444. The minimum atomic E-state index is -3.17. The molecule has 2 aromatic carbocycles. The summed E-state index contributed by atoms with van der Waals surface area (Å²) in [6, 6.07) is 12.4. The first-order valence-corrected chi connectivity index (χ1v) is 14.2. The van der Waals surface area contributed by atoms with Crippen LogP contribution in [0.5, 0.6) is 0 Å². The second-order valence-corrected chi connectivity index (χ2v) is 11.6. The highest BCUT2D eigenvalue weighted by Gasteiger charge is 2.29. The molecule has 0 unspecified atom stereocenters. The van der Waals surface area contributed by atoms with Gasteiger partial charge in [0.05, 0.1) is 16.8 Å². The molecule has 0 radical (unpaired) electrons. The number of aromatic nitrogens is 1. The zero-order valence-electron chi connectivity index (χ0n) is 20.6. The molecule has 0 atom stereocenters. The van der Waals surface area contributed by atoms with Gasteiger partial charge in [0.15, 0.2) is 0 Å². The summed E-state index contributed by atoms with van der Waals surface area (Å²) in [7, 11) is -3.17. The van der Waals surface area contributed by atoms with Crippen LogP contribution in [0.4, 0.5) is 0 Å². The number of carbonyl (C=O) groups excluding carboxylic acids is 1. The summed E-state index contributed by atoms with van der Waals surface area (Å²) in [6.07, 6.45) is 5.78. The van der Waals surface area contributed by atoms with Gasteiger partial charge in [-0.3, -0.25) is 4.79 Å². The summed E-state index contributed by atoms with van der Waals surface area (Å²) in [6.45, 7) is 6.69. The second-order valence-electron chi connectivity index (χ2n) is 9.36. The van der Waals surface area contributed by atoms with Gasteiger partial charge in [-0.25, -0.2) is 12.7 Å². The van der Waals surface area contributed by atoms with Gasteiger partial charge in [-0.15, -0.1) is 0 Å². The first-order valence-electron chi connectivity index (χ1n) is 12.6. The fourth-order valence-corrected chi connectivity index (χ4v) is 6.11. The maximum Gasteiger partial charge on any atom is 0.250 e. The number of carbonyl (C=O) groups is 1. The quantitative estimate of drug-likeness (QED) is 0.363. The number of aromatic amines is 1. The van der Waals surface area contributed by atoms with Crippen molar-refractivity contribution >= 4 is 26.8 Å². The van der Waals surface area contributed by atoms with Crippen LogP contribution in [-0.4, -0.2) is 49.0 Å². The number of benzene rings is 2. The number of primary amides is 1. The van der Waals surface area contributed by atoms with Gasteiger partial charge < -0.3 is 16.0 Å². The van der Waals surface area contributed by atoms with Gasteiger partial charge in [-0.05, 0) is 79.1 Å². The lowest BCUT2D eigenvalue weighted by Gasteiger charge is -2.31. The zero-order chi connectivity index (χ0) is 25.0. The Labute approximate surface area is 208 Å². The van der Waals surface area contributed by atoms with Crippen LogP contribution in [0, 0.1) is 0 Å². The highest BCUT2D eigenvalue weighted by molar-refractivity contribution is 7.89. The molecule has 35 heavy (non-hydrogen) atoms. The Morgan fingerprint density at radius 1 is 1.14 bits per heavy atom. The van der Waals surface area contributed by atoms with Crippen LogP contribution < -0.4 is 11.1 Å². The van der Waals surface area contributed by atoms with E-state index >= 15 is 0 Å². The maximum absolute atomic E-state index is 12.4. The molecule has 188 valence electrons. The van der Waals surface area contributed by atoms with Crippen LogP contribution >= 0.6 is 0 Å². The Bertz CT molecular complexity index is 1290. The first kappa shape index (κ1) is 25.4. The van der Waals surface area contributed by atoms with Crippen molar-refractivity contribution in [2.75, 3.05) is 25.4 Å². The summed E-state index contributed by atoms with van der Waals surface area (Å²) in [5.74, 6) is -0.118. The molecular formula is C27H36N4O3S. The smallest absolute Gasteiger partial charge is 0.250 e. The Kier molecular flexibility index (Phi) is 7.94. The maximum atomic E-state index is 12.4. The predicted molar refractivity (Wildman–Crippen MR) is 142 cm³/mol. The molecule has 1 saturated heterocycles. The lowest BCUT2D eigenvalue weighted by molar-refractivity contribution is 0.100. The van der Waals surface area contributed by atoms with Crippen molar-refractivity contribution in [3.63, 3.8) is 0 Å². The van der Waals surface area contributed by atoms with Gasteiger partial charge in [-0.1, -0.05) is 31.5 Å². The van der Waals surface area contributed by atoms with E-state index in [1.165, 1.54) is 5.56 Å². The summed E-state index contributed by atoms with van der Waals surface area (Å²) >= 11 is 0. The Morgan fingerprint density at radius 3 is 2.60 bits per heavy atom. The van der Waals surface area contributed by atoms with E-state index in [1.54, 1.807) is 11.2 Å². The largest absolute Gasteiger partial charge is 0.366 e. The Morgan fingerprint density at radius 2 is 1.91 bits per heavy atom. The average Bonchev–Trinajstić information content (AvgIpc) is 3.30. The highest BCUT2D eigenvalue weighted by atomic mass is 32.2. The number of H-pyrrole nitrogens is 1. The van der Waals surface area contributed by atoms with Gasteiger partial charge in [0.2, 0.25) is 10.0 Å². The van der Waals surface area contributed by atoms with Crippen molar-refractivity contribution < 1.29 is 13.2 Å². The molecular weight excluding hydrogens is 460 g/mol. The van der Waals surface area contributed by atoms with Crippen molar-refractivity contribution in [2.24, 2.45) is 5.73 Å². The normalized spacial score (nSPS) is 15.6. The topological polar surface area (TPSA) is 108 Å². The molecule has 1 aliphatic heterocycles. The van der Waals surface area contributed by atoms with Gasteiger partial charge in [0.25, 0.3) is 5.91 Å². The summed E-state index contributed by atoms with van der Waals surface area (Å²) < 4.78 is 26.1. The SMILES string of the molecule is CCCCNCc1cccc(-c2cc(C(N)=O)c3[nH]cc(C4CCN(S(=O)(=O)CC)CC4)c3c2)c1. The third kappa shape index (κ3) is 5.60. The number of nitrogens with one attached hydrogen (secondary N) is 2. The second kappa shape index (κ2) is 10.9. The number of sulfonamides is 1. The molecule has 8 heteroatoms. The Balaban J connectivity index is 1.65. The molecule has 7 nitrogen and oxygen atoms in total. The average molecular weight is 497 g/mol. The van der Waals surface area contributed by atoms with Crippen molar-refractivity contribution in [3.05, 3.63) is 59.3 Å². The fourth-order valence-electron chi connectivity index (χ4n) is 4.97. The molecule has 1 amide bonds. The van der Waals surface area contributed by atoms with Gasteiger partial charge in [0.1, 0.15) is 0 Å².